The van der Waals surface area contributed by atoms with Crippen LogP contribution in [0.25, 0.3) is 21.5 Å². The lowest BCUT2D eigenvalue weighted by atomic mass is 9.86. The number of fused-ring (bicyclic) bond motifs is 1. The number of pyridine rings is 1. The van der Waals surface area contributed by atoms with Crippen LogP contribution in [0, 0.1) is 18.6 Å². The molecule has 12 heteroatoms. The molecular weight excluding hydrogens is 631 g/mol. The fourth-order valence-corrected chi connectivity index (χ4v) is 6.31. The number of hydrogen-bond acceptors (Lipinski definition) is 7. The van der Waals surface area contributed by atoms with Crippen molar-refractivity contribution in [3.63, 3.8) is 0 Å². The Kier molecular flexibility index (Phi) is 8.67. The van der Waals surface area contributed by atoms with Crippen molar-refractivity contribution in [1.29, 1.82) is 0 Å². The molecule has 2 aromatic heterocycles. The first-order chi connectivity index (χ1) is 20.7. The van der Waals surface area contributed by atoms with Crippen LogP contribution < -0.4 is 10.1 Å². The van der Waals surface area contributed by atoms with Crippen molar-refractivity contribution in [2.45, 2.75) is 32.0 Å². The molecule has 2 heterocycles. The molecule has 5 rings (SSSR count). The second kappa shape index (κ2) is 12.0. The Labute approximate surface area is 266 Å². The molecule has 3 aromatic carbocycles. The number of amides is 1. The monoisotopic (exact) mass is 657 g/mol. The molecule has 7 nitrogen and oxygen atoms in total. The fourth-order valence-electron chi connectivity index (χ4n) is 4.83. The molecule has 0 saturated heterocycles. The van der Waals surface area contributed by atoms with Gasteiger partial charge in [0.05, 0.1) is 50.4 Å². The number of benzene rings is 3. The predicted octanol–water partition coefficient (Wildman–Crippen LogP) is 7.15. The number of nitrogens with zero attached hydrogens (tertiary/aromatic N) is 2. The van der Waals surface area contributed by atoms with E-state index in [1.165, 1.54) is 38.4 Å². The van der Waals surface area contributed by atoms with Gasteiger partial charge in [-0.3, -0.25) is 4.79 Å². The molecule has 0 aliphatic rings. The van der Waals surface area contributed by atoms with Gasteiger partial charge in [0.15, 0.2) is 0 Å². The van der Waals surface area contributed by atoms with Gasteiger partial charge in [-0.15, -0.1) is 11.3 Å². The molecule has 0 saturated carbocycles. The Morgan fingerprint density at radius 3 is 2.39 bits per heavy atom. The highest BCUT2D eigenvalue weighted by Gasteiger charge is 2.37. The number of ether oxygens (including phenoxy) is 1. The van der Waals surface area contributed by atoms with Crippen molar-refractivity contribution in [3.05, 3.63) is 110 Å². The summed E-state index contributed by atoms with van der Waals surface area (Å²) in [6.45, 7) is 4.39. The summed E-state index contributed by atoms with van der Waals surface area (Å²) in [5, 5.41) is 26.4. The third-order valence-corrected chi connectivity index (χ3v) is 8.70. The normalized spacial score (nSPS) is 13.1. The molecule has 0 bridgehead atoms. The van der Waals surface area contributed by atoms with Gasteiger partial charge in [-0.1, -0.05) is 53.5 Å². The molecule has 5 aromatic rings. The minimum atomic E-state index is -2.01. The molecule has 0 unspecified atom stereocenters. The van der Waals surface area contributed by atoms with Crippen molar-refractivity contribution in [2.75, 3.05) is 13.7 Å². The smallest absolute Gasteiger partial charge is 0.251 e. The average molecular weight is 659 g/mol. The number of hydrogen-bond donors (Lipinski definition) is 3. The van der Waals surface area contributed by atoms with Crippen LogP contribution in [0.3, 0.4) is 0 Å². The van der Waals surface area contributed by atoms with E-state index in [1.54, 1.807) is 42.5 Å². The number of carbonyl (C=O) groups excluding carboxylic acids is 1. The third kappa shape index (κ3) is 6.00. The van der Waals surface area contributed by atoms with E-state index in [-0.39, 0.29) is 44.7 Å². The number of thiazole rings is 1. The van der Waals surface area contributed by atoms with Gasteiger partial charge in [-0.05, 0) is 50.6 Å². The summed E-state index contributed by atoms with van der Waals surface area (Å²) in [6, 6.07) is 14.7. The van der Waals surface area contributed by atoms with Crippen LogP contribution in [0.1, 0.15) is 46.0 Å². The van der Waals surface area contributed by atoms with E-state index >= 15 is 4.39 Å². The van der Waals surface area contributed by atoms with Crippen LogP contribution in [0.5, 0.6) is 5.75 Å². The number of rotatable bonds is 8. The van der Waals surface area contributed by atoms with E-state index in [9.17, 15) is 19.4 Å². The number of carbonyl (C=O) groups is 1. The first-order valence-corrected chi connectivity index (χ1v) is 14.9. The molecule has 0 fully saturated rings. The highest BCUT2D eigenvalue weighted by atomic mass is 35.5. The van der Waals surface area contributed by atoms with Crippen molar-refractivity contribution in [1.82, 2.24) is 15.3 Å². The summed E-state index contributed by atoms with van der Waals surface area (Å²) in [4.78, 5) is 22.5. The number of nitrogens with one attached hydrogen (secondary N) is 1. The lowest BCUT2D eigenvalue weighted by Crippen LogP contribution is -2.42. The number of methoxy groups -OCH3 is 1. The van der Waals surface area contributed by atoms with Crippen molar-refractivity contribution in [3.8, 4) is 17.0 Å². The molecule has 0 spiro atoms. The van der Waals surface area contributed by atoms with Crippen molar-refractivity contribution < 1.29 is 28.5 Å². The van der Waals surface area contributed by atoms with Gasteiger partial charge in [0.25, 0.3) is 5.91 Å². The Bertz CT molecular complexity index is 1900. The molecule has 0 aliphatic heterocycles. The molecule has 3 N–H and O–H groups in total. The topological polar surface area (TPSA) is 105 Å². The Morgan fingerprint density at radius 2 is 1.73 bits per heavy atom. The molecule has 228 valence electrons. The maximum Gasteiger partial charge on any atom is 0.251 e. The van der Waals surface area contributed by atoms with Crippen LogP contribution in [0.15, 0.2) is 60.7 Å². The minimum Gasteiger partial charge on any atom is -0.494 e. The highest BCUT2D eigenvalue weighted by Crippen LogP contribution is 2.41. The van der Waals surface area contributed by atoms with E-state index in [1.807, 2.05) is 6.92 Å². The maximum absolute atomic E-state index is 15.1. The Hall–Kier alpha value is -3.67. The van der Waals surface area contributed by atoms with Gasteiger partial charge < -0.3 is 20.3 Å². The van der Waals surface area contributed by atoms with Gasteiger partial charge >= 0.3 is 0 Å². The summed E-state index contributed by atoms with van der Waals surface area (Å²) in [7, 11) is 1.49. The van der Waals surface area contributed by atoms with Gasteiger partial charge in [-0.2, -0.15) is 0 Å². The summed E-state index contributed by atoms with van der Waals surface area (Å²) in [5.74, 6) is -2.07. The van der Waals surface area contributed by atoms with Crippen LogP contribution >= 0.6 is 34.5 Å². The summed E-state index contributed by atoms with van der Waals surface area (Å²) in [5.41, 5.74) is -2.72. The molecule has 0 aliphatic carbocycles. The number of aryl methyl sites for hydroxylation is 1. The van der Waals surface area contributed by atoms with E-state index in [2.05, 4.69) is 15.3 Å². The number of halogens is 4. The van der Waals surface area contributed by atoms with E-state index in [4.69, 9.17) is 27.9 Å². The molecule has 1 amide bonds. The summed E-state index contributed by atoms with van der Waals surface area (Å²) < 4.78 is 35.3. The quantitative estimate of drug-likeness (QED) is 0.153. The zero-order valence-electron chi connectivity index (χ0n) is 24.0. The SMILES string of the molecule is COc1cc(C(=O)NC[C@@](O)(c2ccccc2)c2cc(C(C)(C)O)c(Cl)c(-c3cc(Cl)c(F)cc3F)n2)cc2sc(C)nc12. The van der Waals surface area contributed by atoms with Gasteiger partial charge in [0.1, 0.15) is 28.5 Å². The third-order valence-electron chi connectivity index (χ3n) is 7.11. The maximum atomic E-state index is 15.1. The van der Waals surface area contributed by atoms with Crippen molar-refractivity contribution >= 4 is 50.7 Å². The van der Waals surface area contributed by atoms with Crippen LogP contribution in [0.2, 0.25) is 10.0 Å². The molecular formula is C32H27Cl2F2N3O4S. The van der Waals surface area contributed by atoms with E-state index < -0.39 is 28.7 Å². The first kappa shape index (κ1) is 31.7. The van der Waals surface area contributed by atoms with Crippen LogP contribution in [-0.4, -0.2) is 39.7 Å². The van der Waals surface area contributed by atoms with E-state index in [0.717, 1.165) is 15.8 Å². The lowest BCUT2D eigenvalue weighted by Gasteiger charge is -2.31. The Balaban J connectivity index is 1.64. The number of aromatic nitrogens is 2. The van der Waals surface area contributed by atoms with Gasteiger partial charge in [0.2, 0.25) is 0 Å². The Morgan fingerprint density at radius 1 is 1.02 bits per heavy atom. The standard InChI is InChI=1S/C32H27Cl2F2N3O4S/c1-16-38-29-24(43-4)10-17(11-25(29)44-16)30(40)37-15-32(42,18-8-6-5-7-9-18)26-13-20(31(2,3)41)27(34)28(39-26)19-12-21(33)23(36)14-22(19)35/h5-14,41-42H,15H2,1-4H3,(H,37,40)/t32-/m1/s1. The molecule has 44 heavy (non-hydrogen) atoms. The zero-order chi connectivity index (χ0) is 32.0. The largest absolute Gasteiger partial charge is 0.494 e. The van der Waals surface area contributed by atoms with E-state index in [0.29, 0.717) is 22.9 Å². The number of aliphatic hydroxyl groups is 2. The van der Waals surface area contributed by atoms with Crippen LogP contribution in [0.4, 0.5) is 8.78 Å². The lowest BCUT2D eigenvalue weighted by molar-refractivity contribution is 0.0639. The second-order valence-corrected chi connectivity index (χ2v) is 12.7. The zero-order valence-corrected chi connectivity index (χ0v) is 26.3. The fraction of sp³-hybridized carbons (Fsp3) is 0.219. The summed E-state index contributed by atoms with van der Waals surface area (Å²) >= 11 is 14.0. The summed E-state index contributed by atoms with van der Waals surface area (Å²) in [6.07, 6.45) is 0. The second-order valence-electron chi connectivity index (χ2n) is 10.7. The predicted molar refractivity (Wildman–Crippen MR) is 168 cm³/mol. The van der Waals surface area contributed by atoms with Crippen molar-refractivity contribution in [2.24, 2.45) is 0 Å². The first-order valence-electron chi connectivity index (χ1n) is 13.3. The molecule has 1 atom stereocenters. The van der Waals surface area contributed by atoms with Crippen LogP contribution in [-0.2, 0) is 11.2 Å². The van der Waals surface area contributed by atoms with Gasteiger partial charge in [0, 0.05) is 22.8 Å². The molecule has 0 radical (unpaired) electrons. The highest BCUT2D eigenvalue weighted by molar-refractivity contribution is 7.18. The minimum absolute atomic E-state index is 0.0634. The average Bonchev–Trinajstić information content (AvgIpc) is 3.37. The van der Waals surface area contributed by atoms with Gasteiger partial charge in [-0.25, -0.2) is 18.7 Å².